The van der Waals surface area contributed by atoms with Gasteiger partial charge in [0.25, 0.3) is 0 Å². The van der Waals surface area contributed by atoms with Crippen LogP contribution in [0, 0.1) is 570 Å². The van der Waals surface area contributed by atoms with E-state index in [1.54, 1.807) is 36.4 Å². The molecule has 0 saturated carbocycles. The van der Waals surface area contributed by atoms with Crippen molar-refractivity contribution in [1.82, 2.24) is 0 Å². The van der Waals surface area contributed by atoms with Crippen molar-refractivity contribution in [2.24, 2.45) is 20.5 Å². The number of azo groups is 2. The van der Waals surface area contributed by atoms with Crippen molar-refractivity contribution >= 4 is 67.6 Å². The first-order valence-electron chi connectivity index (χ1n) is 35.9. The third-order valence-corrected chi connectivity index (χ3v) is 12.5. The second kappa shape index (κ2) is 68.2. The molecule has 1 aliphatic rings. The Kier molecular flexibility index (Phi) is 49.0. The maximum absolute atomic E-state index is 14.2. The number of ether oxygens (including phenoxy) is 2. The van der Waals surface area contributed by atoms with E-state index in [1.807, 2.05) is 60.7 Å². The SMILES string of the molecule is C#CC#CC#CC#CC#CC#CC#CC#CC#CC#CC#CC#CC#CC#CC#CC#CC#CC#CC#CC#CC#CC#CC#CC#COC(=O)C1(C(=O)OC#CC#CC#CC#CC#CC#CC#CC#CC#CC#CC#CC#CC#CC#CC#CC#CC#CC#CC#CC#CC#CC#CC#CC#C)Nc2cccc3c(N=Nc4ccc5ccccc5c4N=Nc4ccccc4)ccc(c23)N1. The fraction of sp³-hybridized carbons (Fsp3) is 0.00800. The highest BCUT2D eigenvalue weighted by Gasteiger charge is 2.53. The molecular weight excluding hydrogens is 1650 g/mol. The van der Waals surface area contributed by atoms with Gasteiger partial charge >= 0.3 is 17.6 Å². The molecule has 0 spiro atoms. The molecule has 0 radical (unpaired) electrons. The van der Waals surface area contributed by atoms with E-state index in [0.717, 1.165) is 10.8 Å². The molecule has 5 aromatic carbocycles. The Hall–Kier alpha value is -26.8. The minimum Gasteiger partial charge on any atom is -0.367 e. The molecule has 135 heavy (non-hydrogen) atoms. The van der Waals surface area contributed by atoms with E-state index in [9.17, 15) is 9.59 Å². The first kappa shape index (κ1) is 97.1. The van der Waals surface area contributed by atoms with E-state index >= 15 is 0 Å². The number of hydrogen-bond acceptors (Lipinski definition) is 10. The maximum atomic E-state index is 14.2. The van der Waals surface area contributed by atoms with E-state index in [1.165, 1.54) is 0 Å². The number of terminal acetylenes is 2. The summed E-state index contributed by atoms with van der Waals surface area (Å²) >= 11 is 0. The molecule has 5 aromatic rings. The zero-order chi connectivity index (χ0) is 94.9. The van der Waals surface area contributed by atoms with Crippen LogP contribution in [-0.2, 0) is 19.1 Å². The predicted octanol–water partition coefficient (Wildman–Crippen LogP) is 7.78. The third-order valence-electron chi connectivity index (χ3n) is 12.5. The van der Waals surface area contributed by atoms with Gasteiger partial charge in [-0.2, -0.15) is 5.11 Å². The van der Waals surface area contributed by atoms with Gasteiger partial charge in [0.05, 0.1) is 11.4 Å². The number of carbonyl (C=O) groups is 2. The fourth-order valence-electron chi connectivity index (χ4n) is 7.66. The van der Waals surface area contributed by atoms with Gasteiger partial charge in [0.1, 0.15) is 23.6 Å². The van der Waals surface area contributed by atoms with E-state index in [2.05, 4.69) is 588 Å². The number of esters is 2. The lowest BCUT2D eigenvalue weighted by atomic mass is 9.98. The third kappa shape index (κ3) is 45.1. The summed E-state index contributed by atoms with van der Waals surface area (Å²) in [6, 6.07) is 29.0. The van der Waals surface area contributed by atoms with E-state index in [4.69, 9.17) is 22.3 Å². The van der Waals surface area contributed by atoms with Crippen molar-refractivity contribution in [2.45, 2.75) is 5.66 Å². The van der Waals surface area contributed by atoms with Gasteiger partial charge in [-0.05, 0) is 137 Å². The number of rotatable bonds is 6. The van der Waals surface area contributed by atoms with Crippen molar-refractivity contribution < 1.29 is 19.1 Å². The number of fused-ring (bicyclic) bond motifs is 1. The average molecular weight is 1670 g/mol. The second-order valence-electron chi connectivity index (χ2n) is 20.8. The van der Waals surface area contributed by atoms with Crippen molar-refractivity contribution in [1.29, 1.82) is 0 Å². The Balaban J connectivity index is 1.00. The van der Waals surface area contributed by atoms with Crippen LogP contribution in [0.15, 0.2) is 118 Å². The summed E-state index contributed by atoms with van der Waals surface area (Å²) in [6.45, 7) is 0. The van der Waals surface area contributed by atoms with Crippen LogP contribution in [0.3, 0.4) is 0 Å². The summed E-state index contributed by atoms with van der Waals surface area (Å²) in [4.78, 5) is 28.4. The first-order valence-corrected chi connectivity index (χ1v) is 35.9. The first-order chi connectivity index (χ1) is 67.0. The standard InChI is InChI=1S/C125H20N6O4/c1-3-5-7-9-11-13-15-17-19-21-23-25-27-29-31-33-35-37-39-41-43-45-47-49-51-53-55-57-59-61-63-65-67-69-71-73-75-77-79-81-83-85-87-89-91-98-111-134-123(132)125(126-118-106-100-105-116-117(109-110-119(127-125)121(116)118)129-130-120-108-107-113-101-96-97-104-115(113)122(120)131-128-114-102-94-93-95-103-114)124(133)135-112-99-92-90-88-86-84-82-80-78-76-74-72-70-68-66-64-62-60-58-56-54-52-50-48-46-44-42-40-38-36-34-32-30-28-26-24-22-20-18-16-14-12-10-8-6-4-2/h1-2,93-97,100-110,126-127H. The molecular formula is C125H20N6O4. The summed E-state index contributed by atoms with van der Waals surface area (Å²) in [7, 11) is 0. The molecule has 0 atom stereocenters. The van der Waals surface area contributed by atoms with Gasteiger partial charge in [-0.15, -0.1) is 28.2 Å². The van der Waals surface area contributed by atoms with Crippen LogP contribution in [0.5, 0.6) is 0 Å². The molecule has 0 unspecified atom stereocenters. The highest BCUT2D eigenvalue weighted by molar-refractivity contribution is 6.19. The quantitative estimate of drug-likeness (QED) is 0.0775. The summed E-state index contributed by atoms with van der Waals surface area (Å²) in [6.07, 6.45) is 14.3. The van der Waals surface area contributed by atoms with Gasteiger partial charge < -0.3 is 20.1 Å². The zero-order valence-corrected chi connectivity index (χ0v) is 68.3. The van der Waals surface area contributed by atoms with Crippen LogP contribution in [-0.4, -0.2) is 17.6 Å². The van der Waals surface area contributed by atoms with Gasteiger partial charge in [0, 0.05) is 477 Å². The summed E-state index contributed by atoms with van der Waals surface area (Å²) in [5.74, 6) is 225. The Morgan fingerprint density at radius 1 is 0.215 bits per heavy atom. The van der Waals surface area contributed by atoms with Crippen molar-refractivity contribution in [3.05, 3.63) is 97.1 Å². The smallest absolute Gasteiger partial charge is 0.367 e. The number of carbonyl (C=O) groups excluding carboxylic acids is 2. The Labute approximate surface area is 785 Å². The molecule has 0 bridgehead atoms. The lowest BCUT2D eigenvalue weighted by Crippen LogP contribution is -2.61. The normalized spacial score (nSPS) is 6.92. The van der Waals surface area contributed by atoms with Gasteiger partial charge in [-0.25, -0.2) is 9.59 Å². The lowest BCUT2D eigenvalue weighted by molar-refractivity contribution is -0.153. The van der Waals surface area contributed by atoms with E-state index < -0.39 is 17.6 Å². The largest absolute Gasteiger partial charge is 0.379 e. The van der Waals surface area contributed by atoms with E-state index in [-0.39, 0.29) is 11.4 Å². The van der Waals surface area contributed by atoms with Crippen LogP contribution in [0.2, 0.25) is 0 Å². The van der Waals surface area contributed by atoms with Gasteiger partial charge in [-0.1, -0.05) is 60.7 Å². The van der Waals surface area contributed by atoms with Crippen LogP contribution >= 0.6 is 0 Å². The monoisotopic (exact) mass is 1670 g/mol. The number of nitrogens with zero attached hydrogens (tertiary/aromatic N) is 4. The number of anilines is 2. The van der Waals surface area contributed by atoms with Crippen molar-refractivity contribution in [3.63, 3.8) is 0 Å². The molecule has 574 valence electrons. The predicted molar refractivity (Wildman–Crippen MR) is 520 cm³/mol. The van der Waals surface area contributed by atoms with Crippen LogP contribution < -0.4 is 10.6 Å². The lowest BCUT2D eigenvalue weighted by Gasteiger charge is -2.35. The minimum absolute atomic E-state index is 0.281. The van der Waals surface area contributed by atoms with Crippen molar-refractivity contribution in [3.8, 4) is 570 Å². The Morgan fingerprint density at radius 3 is 0.726 bits per heavy atom. The molecule has 0 fully saturated rings. The highest BCUT2D eigenvalue weighted by Crippen LogP contribution is 2.44. The van der Waals surface area contributed by atoms with Crippen LogP contribution in [0.4, 0.5) is 34.1 Å². The Bertz CT molecular complexity index is 9100. The van der Waals surface area contributed by atoms with Crippen LogP contribution in [0.25, 0.3) is 21.5 Å². The molecule has 1 aliphatic heterocycles. The molecule has 1 heterocycles. The molecule has 10 nitrogen and oxygen atoms in total. The van der Waals surface area contributed by atoms with E-state index in [0.29, 0.717) is 33.5 Å². The number of benzene rings is 5. The molecule has 6 rings (SSSR count). The van der Waals surface area contributed by atoms with Gasteiger partial charge in [0.2, 0.25) is 0 Å². The Morgan fingerprint density at radius 2 is 0.444 bits per heavy atom. The second-order valence-corrected chi connectivity index (χ2v) is 20.8. The molecule has 10 heteroatoms. The molecule has 2 N–H and O–H groups in total. The topological polar surface area (TPSA) is 126 Å². The zero-order valence-electron chi connectivity index (χ0n) is 68.3. The summed E-state index contributed by atoms with van der Waals surface area (Å²) < 4.78 is 10.6. The number of hydrogen-bond donors (Lipinski definition) is 2. The molecule has 0 aliphatic carbocycles. The van der Waals surface area contributed by atoms with Crippen LogP contribution in [0.1, 0.15) is 0 Å². The summed E-state index contributed by atoms with van der Waals surface area (Å²) in [5, 5.41) is 27.1. The summed E-state index contributed by atoms with van der Waals surface area (Å²) in [5.41, 5.74) is 0.0617. The fourth-order valence-corrected chi connectivity index (χ4v) is 7.66. The van der Waals surface area contributed by atoms with Gasteiger partial charge in [-0.3, -0.25) is 0 Å². The van der Waals surface area contributed by atoms with Crippen molar-refractivity contribution in [2.75, 3.05) is 10.6 Å². The maximum Gasteiger partial charge on any atom is 0.379 e. The molecule has 0 amide bonds. The minimum atomic E-state index is -2.50. The van der Waals surface area contributed by atoms with Gasteiger partial charge in [0.15, 0.2) is 0 Å². The number of nitrogens with one attached hydrogen (secondary N) is 2. The average Bonchev–Trinajstić information content (AvgIpc) is 0.733. The molecule has 0 aromatic heterocycles. The molecule has 0 saturated heterocycles. The highest BCUT2D eigenvalue weighted by atomic mass is 16.6.